The summed E-state index contributed by atoms with van der Waals surface area (Å²) in [6, 6.07) is 16.4. The van der Waals surface area contributed by atoms with Crippen LogP contribution in [-0.4, -0.2) is 58.7 Å². The van der Waals surface area contributed by atoms with E-state index in [0.717, 1.165) is 49.4 Å². The van der Waals surface area contributed by atoms with Crippen molar-refractivity contribution >= 4 is 11.8 Å². The molecular weight excluding hydrogens is 412 g/mol. The van der Waals surface area contributed by atoms with Gasteiger partial charge in [-0.3, -0.25) is 0 Å². The van der Waals surface area contributed by atoms with Gasteiger partial charge in [0.05, 0.1) is 37.3 Å². The van der Waals surface area contributed by atoms with Crippen LogP contribution in [0, 0.1) is 5.92 Å². The second-order valence-electron chi connectivity index (χ2n) is 8.61. The molecule has 5 nitrogen and oxygen atoms in total. The predicted molar refractivity (Wildman–Crippen MR) is 123 cm³/mol. The van der Waals surface area contributed by atoms with Gasteiger partial charge >= 0.3 is 0 Å². The summed E-state index contributed by atoms with van der Waals surface area (Å²) in [6.45, 7) is 3.40. The predicted octanol–water partition coefficient (Wildman–Crippen LogP) is 3.34. The molecule has 6 heteroatoms. The summed E-state index contributed by atoms with van der Waals surface area (Å²) in [7, 11) is 0. The van der Waals surface area contributed by atoms with E-state index in [2.05, 4.69) is 24.3 Å². The topological polar surface area (TPSA) is 79.2 Å². The molecule has 2 aliphatic heterocycles. The molecule has 5 atom stereocenters. The molecule has 2 aliphatic rings. The fraction of sp³-hybridized carbons (Fsp3) is 0.520. The van der Waals surface area contributed by atoms with Crippen molar-refractivity contribution < 1.29 is 24.8 Å². The van der Waals surface area contributed by atoms with Gasteiger partial charge in [-0.1, -0.05) is 43.3 Å². The highest BCUT2D eigenvalue weighted by atomic mass is 32.2. The molecule has 4 rings (SSSR count). The molecule has 3 N–H and O–H groups in total. The van der Waals surface area contributed by atoms with Gasteiger partial charge in [0, 0.05) is 18.1 Å². The smallest absolute Gasteiger partial charge is 0.119 e. The Hall–Kier alpha value is -1.57. The van der Waals surface area contributed by atoms with Gasteiger partial charge in [-0.15, -0.1) is 11.8 Å². The molecule has 0 unspecified atom stereocenters. The second-order valence-corrected chi connectivity index (χ2v) is 10.00. The van der Waals surface area contributed by atoms with Crippen LogP contribution in [0.5, 0.6) is 5.75 Å². The lowest BCUT2D eigenvalue weighted by molar-refractivity contribution is -0.0239. The first-order valence-electron chi connectivity index (χ1n) is 11.1. The van der Waals surface area contributed by atoms with Crippen molar-refractivity contribution in [2.24, 2.45) is 5.92 Å². The number of rotatable bonds is 6. The number of aliphatic hydroxyl groups excluding tert-OH is 3. The molecule has 0 aliphatic carbocycles. The fourth-order valence-corrected chi connectivity index (χ4v) is 5.87. The zero-order chi connectivity index (χ0) is 21.8. The standard InChI is InChI=1S/C25H32O5S/c1-16-22(15-26)31-25(24(28)23(16)27)19-4-2-3-18(14-19)13-17-5-7-20(8-6-17)30-21-9-11-29-12-10-21/h2-8,14,16,21-28H,9-13,15H2,1H3/t16-,22-,23+,24-,25+/m1/s1. The maximum atomic E-state index is 10.6. The molecule has 2 saturated heterocycles. The Labute approximate surface area is 188 Å². The number of aliphatic hydroxyl groups is 3. The number of thioether (sulfide) groups is 1. The summed E-state index contributed by atoms with van der Waals surface area (Å²) < 4.78 is 11.4. The van der Waals surface area contributed by atoms with Gasteiger partial charge in [0.15, 0.2) is 0 Å². The quantitative estimate of drug-likeness (QED) is 0.634. The van der Waals surface area contributed by atoms with Crippen molar-refractivity contribution in [1.29, 1.82) is 0 Å². The lowest BCUT2D eigenvalue weighted by Crippen LogP contribution is -2.46. The van der Waals surface area contributed by atoms with Gasteiger partial charge in [-0.05, 0) is 41.2 Å². The molecule has 0 bridgehead atoms. The van der Waals surface area contributed by atoms with E-state index in [1.807, 2.05) is 31.2 Å². The Morgan fingerprint density at radius 3 is 2.45 bits per heavy atom. The van der Waals surface area contributed by atoms with Gasteiger partial charge in [-0.25, -0.2) is 0 Å². The van der Waals surface area contributed by atoms with E-state index in [9.17, 15) is 15.3 Å². The van der Waals surface area contributed by atoms with Crippen molar-refractivity contribution in [3.05, 3.63) is 65.2 Å². The molecule has 2 aromatic rings. The maximum Gasteiger partial charge on any atom is 0.119 e. The van der Waals surface area contributed by atoms with Crippen LogP contribution in [0.3, 0.4) is 0 Å². The number of benzene rings is 2. The second kappa shape index (κ2) is 10.4. The summed E-state index contributed by atoms with van der Waals surface area (Å²) >= 11 is 1.55. The molecule has 0 amide bonds. The third-order valence-electron chi connectivity index (χ3n) is 6.37. The average molecular weight is 445 g/mol. The monoisotopic (exact) mass is 444 g/mol. The zero-order valence-corrected chi connectivity index (χ0v) is 18.7. The van der Waals surface area contributed by atoms with Crippen LogP contribution in [0.4, 0.5) is 0 Å². The van der Waals surface area contributed by atoms with E-state index in [1.54, 1.807) is 11.8 Å². The largest absolute Gasteiger partial charge is 0.490 e. The molecule has 2 fully saturated rings. The lowest BCUT2D eigenvalue weighted by Gasteiger charge is -2.40. The first-order valence-corrected chi connectivity index (χ1v) is 12.0. The van der Waals surface area contributed by atoms with E-state index >= 15 is 0 Å². The minimum absolute atomic E-state index is 0.00585. The van der Waals surface area contributed by atoms with Crippen LogP contribution in [0.2, 0.25) is 0 Å². The third-order valence-corrected chi connectivity index (χ3v) is 8.14. The van der Waals surface area contributed by atoms with Crippen LogP contribution in [0.15, 0.2) is 48.5 Å². The highest BCUT2D eigenvalue weighted by Crippen LogP contribution is 2.45. The molecule has 2 heterocycles. The number of hydrogen-bond acceptors (Lipinski definition) is 6. The lowest BCUT2D eigenvalue weighted by atomic mass is 9.90. The Bertz CT molecular complexity index is 834. The Morgan fingerprint density at radius 1 is 1.00 bits per heavy atom. The van der Waals surface area contributed by atoms with E-state index < -0.39 is 12.2 Å². The summed E-state index contributed by atoms with van der Waals surface area (Å²) in [5.41, 5.74) is 3.33. The average Bonchev–Trinajstić information content (AvgIpc) is 2.80. The highest BCUT2D eigenvalue weighted by molar-refractivity contribution is 8.00. The summed E-state index contributed by atoms with van der Waals surface area (Å²) in [5.74, 6) is 0.746. The van der Waals surface area contributed by atoms with Crippen molar-refractivity contribution in [3.8, 4) is 5.75 Å². The van der Waals surface area contributed by atoms with Gasteiger partial charge in [0.25, 0.3) is 0 Å². The van der Waals surface area contributed by atoms with E-state index in [4.69, 9.17) is 9.47 Å². The number of ether oxygens (including phenoxy) is 2. The highest BCUT2D eigenvalue weighted by Gasteiger charge is 2.42. The SMILES string of the molecule is C[C@H]1[C@H](O)[C@@H](O)[C@H](c2cccc(Cc3ccc(OC4CCOCC4)cc3)c2)S[C@@H]1CO. The third kappa shape index (κ3) is 5.44. The minimum Gasteiger partial charge on any atom is -0.490 e. The van der Waals surface area contributed by atoms with Crippen molar-refractivity contribution in [2.75, 3.05) is 19.8 Å². The Balaban J connectivity index is 1.42. The van der Waals surface area contributed by atoms with Crippen molar-refractivity contribution in [2.45, 2.75) is 55.0 Å². The molecule has 2 aromatic carbocycles. The molecular formula is C25H32O5S. The molecule has 0 spiro atoms. The van der Waals surface area contributed by atoms with Gasteiger partial charge < -0.3 is 24.8 Å². The van der Waals surface area contributed by atoms with Crippen molar-refractivity contribution in [3.63, 3.8) is 0 Å². The Morgan fingerprint density at radius 2 is 1.74 bits per heavy atom. The molecule has 31 heavy (non-hydrogen) atoms. The number of hydrogen-bond donors (Lipinski definition) is 3. The maximum absolute atomic E-state index is 10.6. The summed E-state index contributed by atoms with van der Waals surface area (Å²) in [6.07, 6.45) is 1.20. The fourth-order valence-electron chi connectivity index (χ4n) is 4.38. The summed E-state index contributed by atoms with van der Waals surface area (Å²) in [4.78, 5) is 0. The van der Waals surface area contributed by atoms with Gasteiger partial charge in [0.2, 0.25) is 0 Å². The van der Waals surface area contributed by atoms with Crippen molar-refractivity contribution in [1.82, 2.24) is 0 Å². The van der Waals surface area contributed by atoms with E-state index in [1.165, 1.54) is 5.56 Å². The molecule has 0 saturated carbocycles. The van der Waals surface area contributed by atoms with E-state index in [0.29, 0.717) is 0 Å². The van der Waals surface area contributed by atoms with Gasteiger partial charge in [-0.2, -0.15) is 0 Å². The first-order chi connectivity index (χ1) is 15.0. The normalized spacial score (nSPS) is 29.6. The Kier molecular flexibility index (Phi) is 7.56. The minimum atomic E-state index is -0.848. The van der Waals surface area contributed by atoms with Crippen LogP contribution in [0.25, 0.3) is 0 Å². The molecule has 0 radical (unpaired) electrons. The zero-order valence-electron chi connectivity index (χ0n) is 17.9. The van der Waals surface area contributed by atoms with Crippen LogP contribution in [0.1, 0.15) is 41.7 Å². The van der Waals surface area contributed by atoms with E-state index in [-0.39, 0.29) is 29.1 Å². The van der Waals surface area contributed by atoms with Crippen LogP contribution >= 0.6 is 11.8 Å². The van der Waals surface area contributed by atoms with Crippen LogP contribution < -0.4 is 4.74 Å². The van der Waals surface area contributed by atoms with Gasteiger partial charge in [0.1, 0.15) is 11.9 Å². The molecule has 168 valence electrons. The van der Waals surface area contributed by atoms with Crippen LogP contribution in [-0.2, 0) is 11.2 Å². The summed E-state index contributed by atoms with van der Waals surface area (Å²) in [5, 5.41) is 30.4. The first kappa shape index (κ1) is 22.6. The molecule has 0 aromatic heterocycles.